The maximum absolute atomic E-state index is 12.2. The van der Waals surface area contributed by atoms with Crippen LogP contribution in [0.3, 0.4) is 0 Å². The van der Waals surface area contributed by atoms with Crippen molar-refractivity contribution < 1.29 is 4.79 Å². The van der Waals surface area contributed by atoms with Crippen LogP contribution >= 0.6 is 0 Å². The number of hydrogen-bond donors (Lipinski definition) is 2. The predicted molar refractivity (Wildman–Crippen MR) is 74.5 cm³/mol. The van der Waals surface area contributed by atoms with Gasteiger partial charge in [-0.1, -0.05) is 36.4 Å². The minimum Gasteiger partial charge on any atom is -0.350 e. The fraction of sp³-hybridized carbons (Fsp3) is 0.267. The highest BCUT2D eigenvalue weighted by molar-refractivity contribution is 6.07. The first-order valence-electron chi connectivity index (χ1n) is 6.21. The third-order valence-corrected chi connectivity index (χ3v) is 3.01. The van der Waals surface area contributed by atoms with Crippen LogP contribution in [0.2, 0.25) is 0 Å². The molecular formula is C15H18N2O. The molecule has 2 aromatic rings. The van der Waals surface area contributed by atoms with E-state index in [4.69, 9.17) is 5.73 Å². The average molecular weight is 242 g/mol. The van der Waals surface area contributed by atoms with E-state index in [0.29, 0.717) is 6.54 Å². The Morgan fingerprint density at radius 2 is 1.94 bits per heavy atom. The minimum absolute atomic E-state index is 0.0345. The molecule has 0 aliphatic heterocycles. The molecule has 0 aliphatic carbocycles. The second-order valence-corrected chi connectivity index (χ2v) is 4.48. The summed E-state index contributed by atoms with van der Waals surface area (Å²) in [4.78, 5) is 12.2. The maximum atomic E-state index is 12.2. The topological polar surface area (TPSA) is 55.1 Å². The number of nitrogens with one attached hydrogen (secondary N) is 1. The van der Waals surface area contributed by atoms with E-state index < -0.39 is 0 Å². The third kappa shape index (κ3) is 2.68. The quantitative estimate of drug-likeness (QED) is 0.864. The molecule has 1 amide bonds. The minimum atomic E-state index is -0.0345. The van der Waals surface area contributed by atoms with Gasteiger partial charge in [-0.05, 0) is 36.7 Å². The van der Waals surface area contributed by atoms with Gasteiger partial charge in [-0.25, -0.2) is 0 Å². The SMILES string of the molecule is CC(CCN)NC(=O)c1cccc2ccccc12. The first-order valence-corrected chi connectivity index (χ1v) is 6.21. The zero-order valence-electron chi connectivity index (χ0n) is 10.5. The van der Waals surface area contributed by atoms with Crippen molar-refractivity contribution in [1.82, 2.24) is 5.32 Å². The molecule has 0 radical (unpaired) electrons. The van der Waals surface area contributed by atoms with Gasteiger partial charge in [-0.3, -0.25) is 4.79 Å². The van der Waals surface area contributed by atoms with Gasteiger partial charge in [0.15, 0.2) is 0 Å². The van der Waals surface area contributed by atoms with Crippen molar-refractivity contribution in [3.8, 4) is 0 Å². The van der Waals surface area contributed by atoms with Gasteiger partial charge in [0.05, 0.1) is 0 Å². The summed E-state index contributed by atoms with van der Waals surface area (Å²) < 4.78 is 0. The van der Waals surface area contributed by atoms with Gasteiger partial charge in [-0.2, -0.15) is 0 Å². The normalized spacial score (nSPS) is 12.3. The molecule has 2 aromatic carbocycles. The van der Waals surface area contributed by atoms with Crippen molar-refractivity contribution in [1.29, 1.82) is 0 Å². The van der Waals surface area contributed by atoms with Crippen LogP contribution in [0.15, 0.2) is 42.5 Å². The molecule has 94 valence electrons. The Hall–Kier alpha value is -1.87. The second-order valence-electron chi connectivity index (χ2n) is 4.48. The second kappa shape index (κ2) is 5.65. The number of fused-ring (bicyclic) bond motifs is 1. The van der Waals surface area contributed by atoms with Gasteiger partial charge < -0.3 is 11.1 Å². The van der Waals surface area contributed by atoms with Crippen molar-refractivity contribution in [2.24, 2.45) is 5.73 Å². The van der Waals surface area contributed by atoms with Crippen LogP contribution in [-0.4, -0.2) is 18.5 Å². The molecule has 1 atom stereocenters. The molecule has 0 heterocycles. The van der Waals surface area contributed by atoms with E-state index in [1.165, 1.54) is 0 Å². The summed E-state index contributed by atoms with van der Waals surface area (Å²) in [6, 6.07) is 13.8. The lowest BCUT2D eigenvalue weighted by molar-refractivity contribution is 0.0940. The van der Waals surface area contributed by atoms with E-state index in [-0.39, 0.29) is 11.9 Å². The highest BCUT2D eigenvalue weighted by atomic mass is 16.1. The van der Waals surface area contributed by atoms with Crippen molar-refractivity contribution >= 4 is 16.7 Å². The number of amides is 1. The van der Waals surface area contributed by atoms with Gasteiger partial charge in [0.2, 0.25) is 0 Å². The van der Waals surface area contributed by atoms with Crippen LogP contribution in [0.1, 0.15) is 23.7 Å². The largest absolute Gasteiger partial charge is 0.350 e. The number of carbonyl (C=O) groups excluding carboxylic acids is 1. The Bertz CT molecular complexity index is 546. The van der Waals surface area contributed by atoms with Crippen LogP contribution in [0.4, 0.5) is 0 Å². The molecule has 0 saturated carbocycles. The smallest absolute Gasteiger partial charge is 0.252 e. The lowest BCUT2D eigenvalue weighted by atomic mass is 10.0. The molecule has 0 saturated heterocycles. The highest BCUT2D eigenvalue weighted by Gasteiger charge is 2.11. The van der Waals surface area contributed by atoms with Crippen molar-refractivity contribution in [3.05, 3.63) is 48.0 Å². The number of hydrogen-bond acceptors (Lipinski definition) is 2. The molecule has 2 rings (SSSR count). The maximum Gasteiger partial charge on any atom is 0.252 e. The monoisotopic (exact) mass is 242 g/mol. The summed E-state index contributed by atoms with van der Waals surface area (Å²) in [6.45, 7) is 2.55. The number of benzene rings is 2. The molecule has 0 fully saturated rings. The summed E-state index contributed by atoms with van der Waals surface area (Å²) in [7, 11) is 0. The summed E-state index contributed by atoms with van der Waals surface area (Å²) >= 11 is 0. The third-order valence-electron chi connectivity index (χ3n) is 3.01. The highest BCUT2D eigenvalue weighted by Crippen LogP contribution is 2.18. The summed E-state index contributed by atoms with van der Waals surface area (Å²) in [5.41, 5.74) is 6.20. The summed E-state index contributed by atoms with van der Waals surface area (Å²) in [6.07, 6.45) is 0.788. The van der Waals surface area contributed by atoms with E-state index in [2.05, 4.69) is 5.32 Å². The number of nitrogens with two attached hydrogens (primary N) is 1. The van der Waals surface area contributed by atoms with Crippen LogP contribution < -0.4 is 11.1 Å². The predicted octanol–water partition coefficient (Wildman–Crippen LogP) is 2.31. The standard InChI is InChI=1S/C15H18N2O/c1-11(9-10-16)17-15(18)14-8-4-6-12-5-2-3-7-13(12)14/h2-8,11H,9-10,16H2,1H3,(H,17,18). The molecule has 1 unspecified atom stereocenters. The first-order chi connectivity index (χ1) is 8.72. The van der Waals surface area contributed by atoms with Crippen molar-refractivity contribution in [2.75, 3.05) is 6.54 Å². The fourth-order valence-corrected chi connectivity index (χ4v) is 2.05. The molecule has 0 aromatic heterocycles. The summed E-state index contributed by atoms with van der Waals surface area (Å²) in [5, 5.41) is 5.03. The van der Waals surface area contributed by atoms with Crippen LogP contribution in [0, 0.1) is 0 Å². The molecule has 3 heteroatoms. The fourth-order valence-electron chi connectivity index (χ4n) is 2.05. The molecule has 18 heavy (non-hydrogen) atoms. The Balaban J connectivity index is 2.28. The number of rotatable bonds is 4. The summed E-state index contributed by atoms with van der Waals surface area (Å²) in [5.74, 6) is -0.0345. The van der Waals surface area contributed by atoms with Gasteiger partial charge in [0.25, 0.3) is 5.91 Å². The Labute approximate surface area is 107 Å². The zero-order valence-corrected chi connectivity index (χ0v) is 10.5. The Morgan fingerprint density at radius 1 is 1.22 bits per heavy atom. The van der Waals surface area contributed by atoms with Crippen LogP contribution in [0.25, 0.3) is 10.8 Å². The Kier molecular flexibility index (Phi) is 3.95. The van der Waals surface area contributed by atoms with E-state index in [9.17, 15) is 4.79 Å². The molecule has 0 aliphatic rings. The van der Waals surface area contributed by atoms with Crippen molar-refractivity contribution in [3.63, 3.8) is 0 Å². The van der Waals surface area contributed by atoms with Gasteiger partial charge >= 0.3 is 0 Å². The zero-order chi connectivity index (χ0) is 13.0. The lowest BCUT2D eigenvalue weighted by Crippen LogP contribution is -2.34. The van der Waals surface area contributed by atoms with Crippen molar-refractivity contribution in [2.45, 2.75) is 19.4 Å². The molecule has 3 nitrogen and oxygen atoms in total. The van der Waals surface area contributed by atoms with Gasteiger partial charge in [-0.15, -0.1) is 0 Å². The van der Waals surface area contributed by atoms with E-state index >= 15 is 0 Å². The van der Waals surface area contributed by atoms with E-state index in [1.807, 2.05) is 49.4 Å². The molecule has 0 spiro atoms. The lowest BCUT2D eigenvalue weighted by Gasteiger charge is -2.13. The number of carbonyl (C=O) groups is 1. The molecular weight excluding hydrogens is 224 g/mol. The Morgan fingerprint density at radius 3 is 2.72 bits per heavy atom. The van der Waals surface area contributed by atoms with Gasteiger partial charge in [0.1, 0.15) is 0 Å². The first kappa shape index (κ1) is 12.6. The molecule has 3 N–H and O–H groups in total. The van der Waals surface area contributed by atoms with Gasteiger partial charge in [0, 0.05) is 11.6 Å². The van der Waals surface area contributed by atoms with Crippen LogP contribution in [0.5, 0.6) is 0 Å². The van der Waals surface area contributed by atoms with E-state index in [1.54, 1.807) is 0 Å². The average Bonchev–Trinajstić information content (AvgIpc) is 2.38. The van der Waals surface area contributed by atoms with E-state index in [0.717, 1.165) is 22.8 Å². The van der Waals surface area contributed by atoms with Crippen LogP contribution in [-0.2, 0) is 0 Å². The molecule has 0 bridgehead atoms.